The third-order valence-electron chi connectivity index (χ3n) is 7.98. The van der Waals surface area contributed by atoms with Gasteiger partial charge in [-0.1, -0.05) is 41.5 Å². The summed E-state index contributed by atoms with van der Waals surface area (Å²) < 4.78 is 13.1. The van der Waals surface area contributed by atoms with E-state index in [4.69, 9.17) is 20.3 Å². The van der Waals surface area contributed by atoms with Gasteiger partial charge in [-0.3, -0.25) is 0 Å². The Bertz CT molecular complexity index is 1680. The molecule has 386 valence electrons. The van der Waals surface area contributed by atoms with Crippen LogP contribution in [0.3, 0.4) is 0 Å². The van der Waals surface area contributed by atoms with Crippen molar-refractivity contribution in [2.45, 2.75) is 157 Å². The average molecular weight is 1040 g/mol. The van der Waals surface area contributed by atoms with Gasteiger partial charge >= 0.3 is 0 Å². The largest absolute Gasteiger partial charge is 0.381 e. The van der Waals surface area contributed by atoms with Crippen LogP contribution in [0.1, 0.15) is 134 Å². The molecule has 0 aliphatic carbocycles. The van der Waals surface area contributed by atoms with E-state index in [1.54, 1.807) is 19.0 Å². The molecule has 0 atom stereocenters. The van der Waals surface area contributed by atoms with Crippen molar-refractivity contribution in [3.8, 4) is 0 Å². The normalized spacial score (nSPS) is 17.0. The summed E-state index contributed by atoms with van der Waals surface area (Å²) in [5.41, 5.74) is -0.334. The third kappa shape index (κ3) is 33.9. The van der Waals surface area contributed by atoms with Crippen molar-refractivity contribution in [2.75, 3.05) is 78.8 Å². The molecule has 4 aliphatic heterocycles. The van der Waals surface area contributed by atoms with Crippen LogP contribution in [-0.4, -0.2) is 98.6 Å². The van der Waals surface area contributed by atoms with E-state index in [0.29, 0.717) is 52.4 Å². The number of rotatable bonds is 0. The van der Waals surface area contributed by atoms with Crippen molar-refractivity contribution in [2.24, 2.45) is 82.7 Å². The van der Waals surface area contributed by atoms with Gasteiger partial charge in [0.05, 0.1) is 52.4 Å². The Balaban J connectivity index is 0. The van der Waals surface area contributed by atoms with Crippen LogP contribution in [0.5, 0.6) is 0 Å². The molecule has 68 heavy (non-hydrogen) atoms. The first-order chi connectivity index (χ1) is 31.2. The van der Waals surface area contributed by atoms with Crippen molar-refractivity contribution in [3.05, 3.63) is 11.2 Å². The number of aromatic nitrogens is 8. The molecule has 2 radical (unpaired) electrons. The Hall–Kier alpha value is -4.50. The van der Waals surface area contributed by atoms with Gasteiger partial charge < -0.3 is 29.7 Å². The molecule has 4 aliphatic rings. The summed E-state index contributed by atoms with van der Waals surface area (Å²) in [6.45, 7) is 32.7. The van der Waals surface area contributed by atoms with Crippen LogP contribution in [-0.2, 0) is 65.8 Å². The molecule has 0 unspecified atom stereocenters. The van der Waals surface area contributed by atoms with E-state index in [1.807, 2.05) is 83.1 Å². The van der Waals surface area contributed by atoms with Crippen LogP contribution in [0.25, 0.3) is 0 Å². The van der Waals surface area contributed by atoms with Gasteiger partial charge in [-0.2, -0.15) is 60.7 Å². The zero-order valence-electron chi connectivity index (χ0n) is 42.4. The molecule has 2 N–H and O–H groups in total. The number of ether oxygens (including phenoxy) is 2. The van der Waals surface area contributed by atoms with Gasteiger partial charge in [0, 0.05) is 71.6 Å². The summed E-state index contributed by atoms with van der Waals surface area (Å²) in [5.74, 6) is 0. The van der Waals surface area contributed by atoms with Crippen molar-refractivity contribution in [1.29, 1.82) is 10.8 Å². The van der Waals surface area contributed by atoms with Crippen molar-refractivity contribution in [1.82, 2.24) is 30.0 Å². The molecule has 0 bridgehead atoms. The van der Waals surface area contributed by atoms with Crippen LogP contribution >= 0.6 is 0 Å². The standard InChI is InChI=1S/2C9H19N5.2C6H12N8.2C4H8O.2Mn/c2*1-8(2,3)13-7(10)11-14(12-13)9(4,5)6;2*1-3-7-11-13-9-5-2-6-10-14-12-8-4-1;2*1-2-4-5-3-1;;/h2*10H,1-6H3;2*1-6H2;2*1-4H2;;. The predicted octanol–water partition coefficient (Wildman–Crippen LogP) is 6.66. The van der Waals surface area contributed by atoms with Gasteiger partial charge in [-0.05, 0) is 135 Å². The van der Waals surface area contributed by atoms with E-state index in [-0.39, 0.29) is 67.5 Å². The fourth-order valence-electron chi connectivity index (χ4n) is 4.48. The van der Waals surface area contributed by atoms with E-state index < -0.39 is 0 Å². The molecule has 2 saturated heterocycles. The molecular formula is C38H78Mn2N26O2. The zero-order chi connectivity index (χ0) is 49.2. The van der Waals surface area contributed by atoms with Crippen molar-refractivity contribution >= 4 is 0 Å². The molecule has 6 heterocycles. The SMILES string of the molecule is C1CCOC1.C1CCOC1.C1CN=NN=NCCCN=NN=NC1.C1CN=NN=NCCCN=NN=NC1.CC(C)(C)n1n[n+](C(C)(C)C)[n-]c1=N.CC(C)(C)n1n[n+](C(C)(C)C)[n-]c1=N.[Mn].[Mn]. The van der Waals surface area contributed by atoms with Crippen LogP contribution in [0.2, 0.25) is 0 Å². The number of hydrogen-bond acceptors (Lipinski definition) is 22. The quantitative estimate of drug-likeness (QED) is 0.214. The van der Waals surface area contributed by atoms with Gasteiger partial charge in [0.25, 0.3) is 0 Å². The number of tetrazole rings is 2. The van der Waals surface area contributed by atoms with Gasteiger partial charge in [0.1, 0.15) is 22.3 Å². The monoisotopic (exact) mass is 1040 g/mol. The number of hydrogen-bond donors (Lipinski definition) is 2. The topological polar surface area (TPSA) is 336 Å². The summed E-state index contributed by atoms with van der Waals surface area (Å²) in [4.78, 5) is 3.17. The maximum absolute atomic E-state index is 7.70. The number of nitrogens with one attached hydrogen (secondary N) is 2. The first-order valence-electron chi connectivity index (χ1n) is 22.6. The fourth-order valence-corrected chi connectivity index (χ4v) is 4.48. The first kappa shape index (κ1) is 65.6. The molecule has 0 aromatic carbocycles. The Labute approximate surface area is 421 Å². The minimum absolute atomic E-state index is 0. The van der Waals surface area contributed by atoms with Crippen LogP contribution in [0.4, 0.5) is 0 Å². The maximum Gasteiger partial charge on any atom is 0.125 e. The molecule has 30 heteroatoms. The van der Waals surface area contributed by atoms with E-state index in [1.165, 1.54) is 25.7 Å². The summed E-state index contributed by atoms with van der Waals surface area (Å²) in [7, 11) is 0. The van der Waals surface area contributed by atoms with Gasteiger partial charge in [0.15, 0.2) is 0 Å². The Morgan fingerprint density at radius 2 is 0.588 bits per heavy atom. The van der Waals surface area contributed by atoms with Crippen LogP contribution in [0.15, 0.2) is 82.7 Å². The third-order valence-corrected chi connectivity index (χ3v) is 7.98. The molecule has 28 nitrogen and oxygen atoms in total. The Morgan fingerprint density at radius 3 is 0.706 bits per heavy atom. The number of nitrogens with zero attached hydrogens (tertiary/aromatic N) is 24. The first-order valence-corrected chi connectivity index (χ1v) is 22.6. The van der Waals surface area contributed by atoms with E-state index in [2.05, 4.69) is 103 Å². The summed E-state index contributed by atoms with van der Waals surface area (Å²) in [6.07, 6.45) is 8.21. The van der Waals surface area contributed by atoms with Gasteiger partial charge in [0.2, 0.25) is 0 Å². The second-order valence-corrected chi connectivity index (χ2v) is 18.6. The summed E-state index contributed by atoms with van der Waals surface area (Å²) >= 11 is 0. The van der Waals surface area contributed by atoms with Crippen LogP contribution < -0.4 is 31.0 Å². The van der Waals surface area contributed by atoms with Crippen LogP contribution in [0, 0.1) is 10.8 Å². The minimum atomic E-state index is -0.194. The molecule has 0 amide bonds. The maximum atomic E-state index is 7.70. The van der Waals surface area contributed by atoms with E-state index in [0.717, 1.165) is 52.1 Å². The molecule has 2 fully saturated rings. The smallest absolute Gasteiger partial charge is 0.125 e. The van der Waals surface area contributed by atoms with E-state index >= 15 is 0 Å². The van der Waals surface area contributed by atoms with Crippen molar-refractivity contribution in [3.63, 3.8) is 0 Å². The van der Waals surface area contributed by atoms with Gasteiger partial charge in [-0.15, -0.1) is 10.4 Å². The van der Waals surface area contributed by atoms with Crippen molar-refractivity contribution < 1.29 is 53.2 Å². The Kier molecular flexibility index (Phi) is 36.1. The summed E-state index contributed by atoms with van der Waals surface area (Å²) in [5, 5.41) is 90.4. The molecule has 0 saturated carbocycles. The second-order valence-electron chi connectivity index (χ2n) is 18.6. The summed E-state index contributed by atoms with van der Waals surface area (Å²) in [6, 6.07) is 0. The molecule has 2 aromatic rings. The van der Waals surface area contributed by atoms with E-state index in [9.17, 15) is 0 Å². The molecule has 0 spiro atoms. The average Bonchev–Trinajstić information content (AvgIpc) is 4.09. The second kappa shape index (κ2) is 37.4. The zero-order valence-corrected chi connectivity index (χ0v) is 44.8. The molecule has 6 rings (SSSR count). The molecular weight excluding hydrogens is 962 g/mol. The van der Waals surface area contributed by atoms with Gasteiger partial charge in [-0.25, -0.2) is 0 Å². The molecule has 2 aromatic heterocycles. The Morgan fingerprint density at radius 1 is 0.382 bits per heavy atom. The predicted molar refractivity (Wildman–Crippen MR) is 240 cm³/mol. The fraction of sp³-hybridized carbons (Fsp3) is 0.947. The minimum Gasteiger partial charge on any atom is -0.381 e.